The lowest BCUT2D eigenvalue weighted by Crippen LogP contribution is -2.39. The third-order valence-corrected chi connectivity index (χ3v) is 2.86. The molecule has 0 radical (unpaired) electrons. The number of nitrogens with zero attached hydrogens (tertiary/aromatic N) is 1. The van der Waals surface area contributed by atoms with Crippen LogP contribution in [0, 0.1) is 0 Å². The Bertz CT molecular complexity index is 221. The Labute approximate surface area is 79.5 Å². The Morgan fingerprint density at radius 2 is 2.15 bits per heavy atom. The molecule has 74 valence electrons. The van der Waals surface area contributed by atoms with Gasteiger partial charge in [0.2, 0.25) is 5.91 Å². The number of hydrogen-bond acceptors (Lipinski definition) is 2. The van der Waals surface area contributed by atoms with Crippen LogP contribution in [0.5, 0.6) is 0 Å². The van der Waals surface area contributed by atoms with Crippen molar-refractivity contribution in [3.8, 4) is 0 Å². The second-order valence-corrected chi connectivity index (χ2v) is 4.81. The lowest BCUT2D eigenvalue weighted by Gasteiger charge is -2.23. The van der Waals surface area contributed by atoms with Crippen molar-refractivity contribution in [3.05, 3.63) is 0 Å². The summed E-state index contributed by atoms with van der Waals surface area (Å²) in [5, 5.41) is 3.40. The molecule has 0 atom stereocenters. The summed E-state index contributed by atoms with van der Waals surface area (Å²) in [5.41, 5.74) is -0.0132. The Morgan fingerprint density at radius 1 is 1.46 bits per heavy atom. The van der Waals surface area contributed by atoms with E-state index in [1.807, 2.05) is 0 Å². The fourth-order valence-electron chi connectivity index (χ4n) is 1.95. The molecule has 0 bridgehead atoms. The van der Waals surface area contributed by atoms with Gasteiger partial charge < -0.3 is 10.2 Å². The van der Waals surface area contributed by atoms with Crippen molar-refractivity contribution in [2.24, 2.45) is 0 Å². The van der Waals surface area contributed by atoms with Crippen LogP contribution in [-0.4, -0.2) is 35.5 Å². The highest BCUT2D eigenvalue weighted by Crippen LogP contribution is 2.29. The first-order valence-corrected chi connectivity index (χ1v) is 5.13. The normalized spacial score (nSPS) is 28.8. The Hall–Kier alpha value is -0.570. The maximum absolute atomic E-state index is 11.8. The summed E-state index contributed by atoms with van der Waals surface area (Å²) >= 11 is 0. The van der Waals surface area contributed by atoms with Gasteiger partial charge in [0.05, 0.1) is 0 Å². The second-order valence-electron chi connectivity index (χ2n) is 4.81. The highest BCUT2D eigenvalue weighted by Gasteiger charge is 2.36. The van der Waals surface area contributed by atoms with Crippen molar-refractivity contribution in [2.45, 2.75) is 44.7 Å². The zero-order valence-electron chi connectivity index (χ0n) is 8.47. The molecule has 3 nitrogen and oxygen atoms in total. The van der Waals surface area contributed by atoms with Gasteiger partial charge in [0, 0.05) is 31.1 Å². The van der Waals surface area contributed by atoms with Gasteiger partial charge in [-0.05, 0) is 26.7 Å². The van der Waals surface area contributed by atoms with Crippen LogP contribution < -0.4 is 5.32 Å². The van der Waals surface area contributed by atoms with Crippen LogP contribution in [0.15, 0.2) is 0 Å². The molecule has 1 aliphatic carbocycles. The molecule has 1 N–H and O–H groups in total. The second kappa shape index (κ2) is 2.98. The molecule has 1 aliphatic heterocycles. The minimum Gasteiger partial charge on any atom is -0.338 e. The van der Waals surface area contributed by atoms with Gasteiger partial charge in [0.1, 0.15) is 0 Å². The minimum atomic E-state index is -0.0132. The molecule has 0 unspecified atom stereocenters. The average Bonchev–Trinajstić information content (AvgIpc) is 2.76. The maximum atomic E-state index is 11.8. The minimum absolute atomic E-state index is 0.0132. The van der Waals surface area contributed by atoms with E-state index in [1.54, 1.807) is 0 Å². The first-order chi connectivity index (χ1) is 6.08. The van der Waals surface area contributed by atoms with Gasteiger partial charge in [0.25, 0.3) is 0 Å². The van der Waals surface area contributed by atoms with Gasteiger partial charge in [-0.15, -0.1) is 0 Å². The lowest BCUT2D eigenvalue weighted by atomic mass is 10.0. The monoisotopic (exact) mass is 182 g/mol. The van der Waals surface area contributed by atoms with E-state index in [0.717, 1.165) is 13.1 Å². The van der Waals surface area contributed by atoms with Crippen molar-refractivity contribution >= 4 is 5.91 Å². The summed E-state index contributed by atoms with van der Waals surface area (Å²) in [6.07, 6.45) is 3.07. The van der Waals surface area contributed by atoms with Crippen molar-refractivity contribution < 1.29 is 4.79 Å². The lowest BCUT2D eigenvalue weighted by molar-refractivity contribution is -0.131. The zero-order chi connectivity index (χ0) is 9.47. The van der Waals surface area contributed by atoms with Gasteiger partial charge in [-0.1, -0.05) is 0 Å². The van der Waals surface area contributed by atoms with E-state index in [1.165, 1.54) is 12.8 Å². The molecule has 0 spiro atoms. The Kier molecular flexibility index (Phi) is 2.06. The average molecular weight is 182 g/mol. The highest BCUT2D eigenvalue weighted by molar-refractivity contribution is 5.78. The van der Waals surface area contributed by atoms with Crippen molar-refractivity contribution in [1.29, 1.82) is 0 Å². The van der Waals surface area contributed by atoms with Crippen LogP contribution in [0.1, 0.15) is 33.1 Å². The first kappa shape index (κ1) is 9.00. The quantitative estimate of drug-likeness (QED) is 0.649. The number of carbonyl (C=O) groups is 1. The molecule has 1 saturated heterocycles. The first-order valence-electron chi connectivity index (χ1n) is 5.13. The zero-order valence-corrected chi connectivity index (χ0v) is 8.47. The largest absolute Gasteiger partial charge is 0.338 e. The number of hydrogen-bond donors (Lipinski definition) is 1. The molecule has 2 rings (SSSR count). The summed E-state index contributed by atoms with van der Waals surface area (Å²) < 4.78 is 0. The summed E-state index contributed by atoms with van der Waals surface area (Å²) in [7, 11) is 0. The fraction of sp³-hybridized carbons (Fsp3) is 0.900. The predicted molar refractivity (Wildman–Crippen MR) is 51.4 cm³/mol. The molecular weight excluding hydrogens is 164 g/mol. The summed E-state index contributed by atoms with van der Waals surface area (Å²) in [6, 6.07) is 0.572. The van der Waals surface area contributed by atoms with E-state index in [4.69, 9.17) is 0 Å². The van der Waals surface area contributed by atoms with E-state index in [9.17, 15) is 4.79 Å². The number of carbonyl (C=O) groups excluding carboxylic acids is 1. The topological polar surface area (TPSA) is 32.3 Å². The van der Waals surface area contributed by atoms with Crippen LogP contribution in [0.2, 0.25) is 0 Å². The maximum Gasteiger partial charge on any atom is 0.224 e. The van der Waals surface area contributed by atoms with Crippen LogP contribution in [0.25, 0.3) is 0 Å². The van der Waals surface area contributed by atoms with E-state index in [0.29, 0.717) is 18.4 Å². The molecule has 0 aromatic carbocycles. The smallest absolute Gasteiger partial charge is 0.224 e. The number of rotatable bonds is 1. The van der Waals surface area contributed by atoms with Crippen molar-refractivity contribution in [1.82, 2.24) is 10.2 Å². The van der Waals surface area contributed by atoms with Crippen molar-refractivity contribution in [3.63, 3.8) is 0 Å². The summed E-state index contributed by atoms with van der Waals surface area (Å²) in [5.74, 6) is 0.331. The molecule has 1 amide bonds. The van der Waals surface area contributed by atoms with E-state index in [-0.39, 0.29) is 5.54 Å². The van der Waals surface area contributed by atoms with Crippen LogP contribution in [0.4, 0.5) is 0 Å². The van der Waals surface area contributed by atoms with E-state index >= 15 is 0 Å². The van der Waals surface area contributed by atoms with Crippen LogP contribution in [-0.2, 0) is 4.79 Å². The van der Waals surface area contributed by atoms with E-state index < -0.39 is 0 Å². The molecule has 0 aromatic rings. The molecule has 3 heteroatoms. The molecule has 2 fully saturated rings. The van der Waals surface area contributed by atoms with E-state index in [2.05, 4.69) is 24.1 Å². The molecular formula is C10H18N2O. The summed E-state index contributed by atoms with van der Waals surface area (Å²) in [4.78, 5) is 13.9. The Morgan fingerprint density at radius 3 is 2.77 bits per heavy atom. The third-order valence-electron chi connectivity index (χ3n) is 2.86. The molecule has 1 saturated carbocycles. The van der Waals surface area contributed by atoms with Gasteiger partial charge in [-0.25, -0.2) is 0 Å². The van der Waals surface area contributed by atoms with Crippen LogP contribution >= 0.6 is 0 Å². The van der Waals surface area contributed by atoms with Gasteiger partial charge in [0.15, 0.2) is 0 Å². The standard InChI is InChI=1S/C10H18N2O/c1-10(2)7-9(13)12(6-5-11-10)8-3-4-8/h8,11H,3-7H2,1-2H3. The van der Waals surface area contributed by atoms with Gasteiger partial charge in [-0.3, -0.25) is 4.79 Å². The highest BCUT2D eigenvalue weighted by atomic mass is 16.2. The molecule has 2 aliphatic rings. The molecule has 1 heterocycles. The third kappa shape index (κ3) is 2.02. The molecule has 13 heavy (non-hydrogen) atoms. The van der Waals surface area contributed by atoms with Gasteiger partial charge in [-0.2, -0.15) is 0 Å². The molecule has 0 aromatic heterocycles. The Balaban J connectivity index is 2.03. The SMILES string of the molecule is CC1(C)CC(=O)N(C2CC2)CCN1. The summed E-state index contributed by atoms with van der Waals surface area (Å²) in [6.45, 7) is 6.03. The van der Waals surface area contributed by atoms with Gasteiger partial charge >= 0.3 is 0 Å². The fourth-order valence-corrected chi connectivity index (χ4v) is 1.95. The van der Waals surface area contributed by atoms with Crippen LogP contribution in [0.3, 0.4) is 0 Å². The number of amides is 1. The number of nitrogens with one attached hydrogen (secondary N) is 1. The predicted octanol–water partition coefficient (Wildman–Crippen LogP) is 0.749. The van der Waals surface area contributed by atoms with Crippen molar-refractivity contribution in [2.75, 3.05) is 13.1 Å².